The number of ketones is 1. The van der Waals surface area contributed by atoms with Crippen molar-refractivity contribution in [2.24, 2.45) is 0 Å². The molecule has 4 N–H and O–H groups in total. The Balaban J connectivity index is 1.68. The number of ether oxygens (including phenoxy) is 1. The van der Waals surface area contributed by atoms with Crippen LogP contribution in [0.4, 0.5) is 11.4 Å². The standard InChI is InChI=1S/C19H21BrN4O3S2/c1-27-16-8-6-13(7-9-16)21-18(28)11-15(25)10-17(26)23-24-19(29)22-14-4-2-12(20)3-5-14/h2-9,18,21,28H,10-11H2,1H3,(H,23,26)(H2,22,24,29). The van der Waals surface area contributed by atoms with Crippen LogP contribution in [0.1, 0.15) is 12.8 Å². The Kier molecular flexibility index (Phi) is 9.23. The van der Waals surface area contributed by atoms with Crippen LogP contribution in [0.5, 0.6) is 5.75 Å². The van der Waals surface area contributed by atoms with E-state index in [2.05, 4.69) is 50.0 Å². The second-order valence-electron chi connectivity index (χ2n) is 5.94. The number of nitrogens with one attached hydrogen (secondary N) is 4. The summed E-state index contributed by atoms with van der Waals surface area (Å²) in [6.07, 6.45) is -0.195. The number of anilines is 2. The molecule has 29 heavy (non-hydrogen) atoms. The predicted molar refractivity (Wildman–Crippen MR) is 125 cm³/mol. The average molecular weight is 497 g/mol. The molecule has 0 spiro atoms. The van der Waals surface area contributed by atoms with E-state index in [-0.39, 0.29) is 23.7 Å². The topological polar surface area (TPSA) is 91.5 Å². The van der Waals surface area contributed by atoms with Gasteiger partial charge in [-0.3, -0.25) is 20.4 Å². The van der Waals surface area contributed by atoms with Crippen LogP contribution in [0.3, 0.4) is 0 Å². The first-order chi connectivity index (χ1) is 13.9. The first-order valence-corrected chi connectivity index (χ1v) is 10.3. The Labute approximate surface area is 188 Å². The van der Waals surface area contributed by atoms with Gasteiger partial charge in [-0.25, -0.2) is 0 Å². The van der Waals surface area contributed by atoms with Gasteiger partial charge in [-0.2, -0.15) is 12.6 Å². The fraction of sp³-hybridized carbons (Fsp3) is 0.211. The predicted octanol–water partition coefficient (Wildman–Crippen LogP) is 3.49. The second-order valence-corrected chi connectivity index (χ2v) is 7.89. The van der Waals surface area contributed by atoms with Crippen LogP contribution in [-0.4, -0.2) is 29.3 Å². The van der Waals surface area contributed by atoms with Gasteiger partial charge in [-0.15, -0.1) is 0 Å². The third-order valence-corrected chi connectivity index (χ3v) is 4.66. The Morgan fingerprint density at radius 1 is 1.07 bits per heavy atom. The third kappa shape index (κ3) is 8.71. The quantitative estimate of drug-likeness (QED) is 0.125. The number of carbonyl (C=O) groups excluding carboxylic acids is 2. The lowest BCUT2D eigenvalue weighted by Crippen LogP contribution is -2.44. The molecule has 0 saturated carbocycles. The molecular formula is C19H21BrN4O3S2. The second kappa shape index (κ2) is 11.6. The number of thiocarbonyl (C=S) groups is 1. The maximum Gasteiger partial charge on any atom is 0.245 e. The SMILES string of the molecule is COc1ccc(NC(S)CC(=O)CC(=O)NNC(=S)Nc2ccc(Br)cc2)cc1. The highest BCUT2D eigenvalue weighted by atomic mass is 79.9. The monoisotopic (exact) mass is 496 g/mol. The number of hydrazine groups is 1. The smallest absolute Gasteiger partial charge is 0.245 e. The van der Waals surface area contributed by atoms with E-state index >= 15 is 0 Å². The number of rotatable bonds is 8. The zero-order valence-electron chi connectivity index (χ0n) is 15.6. The van der Waals surface area contributed by atoms with E-state index in [1.54, 1.807) is 19.2 Å². The van der Waals surface area contributed by atoms with Gasteiger partial charge in [0.05, 0.1) is 18.9 Å². The summed E-state index contributed by atoms with van der Waals surface area (Å²) in [6.45, 7) is 0. The van der Waals surface area contributed by atoms with Crippen molar-refractivity contribution in [2.45, 2.75) is 18.2 Å². The molecule has 1 unspecified atom stereocenters. The normalized spacial score (nSPS) is 11.1. The molecule has 2 aromatic carbocycles. The van der Waals surface area contributed by atoms with Gasteiger partial charge in [0.25, 0.3) is 0 Å². The van der Waals surface area contributed by atoms with Crippen LogP contribution in [0.2, 0.25) is 0 Å². The molecule has 10 heteroatoms. The highest BCUT2D eigenvalue weighted by Crippen LogP contribution is 2.17. The van der Waals surface area contributed by atoms with Crippen molar-refractivity contribution in [1.29, 1.82) is 0 Å². The third-order valence-electron chi connectivity index (χ3n) is 3.62. The zero-order chi connectivity index (χ0) is 21.2. The molecule has 7 nitrogen and oxygen atoms in total. The van der Waals surface area contributed by atoms with Crippen LogP contribution >= 0.6 is 40.8 Å². The molecule has 0 heterocycles. The number of thiol groups is 1. The van der Waals surface area contributed by atoms with Gasteiger partial charge >= 0.3 is 0 Å². The highest BCUT2D eigenvalue weighted by molar-refractivity contribution is 9.10. The molecular weight excluding hydrogens is 476 g/mol. The van der Waals surface area contributed by atoms with Crippen LogP contribution in [0.15, 0.2) is 53.0 Å². The van der Waals surface area contributed by atoms with Gasteiger partial charge < -0.3 is 15.4 Å². The van der Waals surface area contributed by atoms with E-state index in [0.717, 1.165) is 21.6 Å². The molecule has 0 fully saturated rings. The van der Waals surface area contributed by atoms with Crippen molar-refractivity contribution < 1.29 is 14.3 Å². The number of halogens is 1. The fourth-order valence-electron chi connectivity index (χ4n) is 2.26. The number of hydrogen-bond acceptors (Lipinski definition) is 6. The van der Waals surface area contributed by atoms with Crippen LogP contribution in [0.25, 0.3) is 0 Å². The van der Waals surface area contributed by atoms with Crippen molar-refractivity contribution in [3.8, 4) is 5.75 Å². The minimum absolute atomic E-state index is 0.0875. The number of methoxy groups -OCH3 is 1. The number of benzene rings is 2. The van der Waals surface area contributed by atoms with Crippen LogP contribution < -0.4 is 26.2 Å². The van der Waals surface area contributed by atoms with Crippen molar-refractivity contribution >= 4 is 69.0 Å². The largest absolute Gasteiger partial charge is 0.497 e. The zero-order valence-corrected chi connectivity index (χ0v) is 18.9. The summed E-state index contributed by atoms with van der Waals surface area (Å²) in [5.74, 6) is -0.00362. The molecule has 1 amide bonds. The Bertz CT molecular complexity index is 848. The maximum atomic E-state index is 12.1. The summed E-state index contributed by atoms with van der Waals surface area (Å²) in [4.78, 5) is 24.0. The molecule has 0 bridgehead atoms. The summed E-state index contributed by atoms with van der Waals surface area (Å²) < 4.78 is 6.04. The van der Waals surface area contributed by atoms with E-state index in [0.29, 0.717) is 0 Å². The molecule has 0 aliphatic rings. The van der Waals surface area contributed by atoms with Gasteiger partial charge in [0.2, 0.25) is 5.91 Å². The van der Waals surface area contributed by atoms with E-state index in [9.17, 15) is 9.59 Å². The van der Waals surface area contributed by atoms with Crippen molar-refractivity contribution in [2.75, 3.05) is 17.7 Å². The summed E-state index contributed by atoms with van der Waals surface area (Å²) in [5, 5.41) is 5.79. The van der Waals surface area contributed by atoms with Gasteiger partial charge in [0.15, 0.2) is 5.11 Å². The molecule has 1 atom stereocenters. The maximum absolute atomic E-state index is 12.1. The van der Waals surface area contributed by atoms with Crippen LogP contribution in [0, 0.1) is 0 Å². The summed E-state index contributed by atoms with van der Waals surface area (Å²) in [7, 11) is 1.59. The summed E-state index contributed by atoms with van der Waals surface area (Å²) >= 11 is 12.8. The van der Waals surface area contributed by atoms with Crippen LogP contribution in [-0.2, 0) is 9.59 Å². The van der Waals surface area contributed by atoms with E-state index in [4.69, 9.17) is 17.0 Å². The number of amides is 1. The highest BCUT2D eigenvalue weighted by Gasteiger charge is 2.14. The lowest BCUT2D eigenvalue weighted by Gasteiger charge is -2.14. The molecule has 0 aliphatic carbocycles. The number of carbonyl (C=O) groups is 2. The molecule has 0 radical (unpaired) electrons. The van der Waals surface area contributed by atoms with E-state index in [1.165, 1.54) is 0 Å². The molecule has 0 aliphatic heterocycles. The molecule has 0 aromatic heterocycles. The average Bonchev–Trinajstić information content (AvgIpc) is 2.68. The van der Waals surface area contributed by atoms with Gasteiger partial charge in [0.1, 0.15) is 11.5 Å². The molecule has 154 valence electrons. The van der Waals surface area contributed by atoms with E-state index < -0.39 is 11.3 Å². The summed E-state index contributed by atoms with van der Waals surface area (Å²) in [5.41, 5.74) is 6.53. The minimum atomic E-state index is -0.486. The fourth-order valence-corrected chi connectivity index (χ4v) is 3.05. The number of Topliss-reactive ketones (excluding diaryl/α,β-unsaturated/α-hetero) is 1. The van der Waals surface area contributed by atoms with Gasteiger partial charge in [-0.05, 0) is 60.7 Å². The summed E-state index contributed by atoms with van der Waals surface area (Å²) in [6, 6.07) is 14.6. The Hall–Kier alpha value is -2.30. The van der Waals surface area contributed by atoms with Crippen molar-refractivity contribution in [3.05, 3.63) is 53.0 Å². The lowest BCUT2D eigenvalue weighted by atomic mass is 10.2. The Morgan fingerprint density at radius 3 is 2.31 bits per heavy atom. The lowest BCUT2D eigenvalue weighted by molar-refractivity contribution is -0.128. The molecule has 2 rings (SSSR count). The van der Waals surface area contributed by atoms with Crippen molar-refractivity contribution in [1.82, 2.24) is 10.9 Å². The van der Waals surface area contributed by atoms with E-state index in [1.807, 2.05) is 36.4 Å². The first kappa shape index (κ1) is 23.0. The van der Waals surface area contributed by atoms with Gasteiger partial charge in [0, 0.05) is 22.3 Å². The minimum Gasteiger partial charge on any atom is -0.497 e. The van der Waals surface area contributed by atoms with Gasteiger partial charge in [-0.1, -0.05) is 15.9 Å². The molecule has 0 saturated heterocycles. The Morgan fingerprint density at radius 2 is 1.69 bits per heavy atom. The van der Waals surface area contributed by atoms with Crippen molar-refractivity contribution in [3.63, 3.8) is 0 Å². The first-order valence-electron chi connectivity index (χ1n) is 8.57. The molecule has 2 aromatic rings. The number of hydrogen-bond donors (Lipinski definition) is 5.